The molecule has 1 aliphatic heterocycles. The van der Waals surface area contributed by atoms with Crippen molar-refractivity contribution in [1.29, 1.82) is 0 Å². The Labute approximate surface area is 176 Å². The van der Waals surface area contributed by atoms with Gasteiger partial charge in [0.25, 0.3) is 5.91 Å². The van der Waals surface area contributed by atoms with Crippen molar-refractivity contribution in [2.45, 2.75) is 18.8 Å². The zero-order valence-corrected chi connectivity index (χ0v) is 17.2. The lowest BCUT2D eigenvalue weighted by atomic mass is 9.95. The first-order valence-electron chi connectivity index (χ1n) is 10.1. The Morgan fingerprint density at radius 1 is 0.966 bits per heavy atom. The molecule has 0 bridgehead atoms. The highest BCUT2D eigenvalue weighted by molar-refractivity contribution is 7.10. The number of likely N-dealkylation sites (tertiary alicyclic amines) is 1. The van der Waals surface area contributed by atoms with Crippen LogP contribution < -0.4 is 10.1 Å². The molecule has 150 valence electrons. The van der Waals surface area contributed by atoms with Gasteiger partial charge >= 0.3 is 0 Å². The van der Waals surface area contributed by atoms with Crippen LogP contribution in [-0.2, 0) is 0 Å². The van der Waals surface area contributed by atoms with Gasteiger partial charge in [-0.15, -0.1) is 11.3 Å². The summed E-state index contributed by atoms with van der Waals surface area (Å²) < 4.78 is 5.77. The van der Waals surface area contributed by atoms with E-state index in [1.165, 1.54) is 17.7 Å². The highest BCUT2D eigenvalue weighted by Crippen LogP contribution is 2.30. The summed E-state index contributed by atoms with van der Waals surface area (Å²) in [5.41, 5.74) is 0.654. The van der Waals surface area contributed by atoms with Crippen LogP contribution in [0.4, 0.5) is 0 Å². The zero-order chi connectivity index (χ0) is 19.9. The zero-order valence-electron chi connectivity index (χ0n) is 16.4. The van der Waals surface area contributed by atoms with Gasteiger partial charge in [-0.25, -0.2) is 0 Å². The Morgan fingerprint density at radius 2 is 1.69 bits per heavy atom. The van der Waals surface area contributed by atoms with Gasteiger partial charge in [0.1, 0.15) is 11.5 Å². The van der Waals surface area contributed by atoms with E-state index in [2.05, 4.69) is 27.7 Å². The number of nitrogens with one attached hydrogen (secondary N) is 1. The van der Waals surface area contributed by atoms with E-state index in [1.54, 1.807) is 12.1 Å². The predicted octanol–water partition coefficient (Wildman–Crippen LogP) is 5.15. The molecule has 0 radical (unpaired) electrons. The summed E-state index contributed by atoms with van der Waals surface area (Å²) in [6, 6.07) is 21.3. The third-order valence-electron chi connectivity index (χ3n) is 5.34. The molecule has 29 heavy (non-hydrogen) atoms. The number of carbonyl (C=O) groups excluding carboxylic acids is 1. The molecule has 0 spiro atoms. The van der Waals surface area contributed by atoms with Gasteiger partial charge in [0.15, 0.2) is 0 Å². The molecule has 0 unspecified atom stereocenters. The van der Waals surface area contributed by atoms with Crippen LogP contribution in [0, 0.1) is 0 Å². The number of benzene rings is 2. The van der Waals surface area contributed by atoms with Crippen LogP contribution in [0.25, 0.3) is 0 Å². The molecule has 0 saturated carbocycles. The molecule has 0 aliphatic carbocycles. The van der Waals surface area contributed by atoms with Crippen LogP contribution in [0.2, 0.25) is 0 Å². The van der Waals surface area contributed by atoms with Gasteiger partial charge in [-0.1, -0.05) is 24.3 Å². The van der Waals surface area contributed by atoms with Crippen molar-refractivity contribution >= 4 is 17.2 Å². The summed E-state index contributed by atoms with van der Waals surface area (Å²) in [6.45, 7) is 3.77. The van der Waals surface area contributed by atoms with E-state index in [4.69, 9.17) is 4.74 Å². The van der Waals surface area contributed by atoms with Gasteiger partial charge in [0, 0.05) is 23.5 Å². The van der Waals surface area contributed by atoms with Gasteiger partial charge < -0.3 is 15.0 Å². The normalized spacial score (nSPS) is 15.2. The third-order valence-corrected chi connectivity index (χ3v) is 6.38. The summed E-state index contributed by atoms with van der Waals surface area (Å²) >= 11 is 1.87. The van der Waals surface area contributed by atoms with E-state index in [0.717, 1.165) is 31.1 Å². The number of piperidine rings is 1. The number of ether oxygens (including phenoxy) is 1. The van der Waals surface area contributed by atoms with Gasteiger partial charge in [0.05, 0.1) is 0 Å². The maximum Gasteiger partial charge on any atom is 0.251 e. The average Bonchev–Trinajstić information content (AvgIpc) is 3.30. The topological polar surface area (TPSA) is 41.6 Å². The van der Waals surface area contributed by atoms with E-state index in [1.807, 2.05) is 53.8 Å². The first kappa shape index (κ1) is 19.7. The van der Waals surface area contributed by atoms with Crippen molar-refractivity contribution < 1.29 is 9.53 Å². The second-order valence-corrected chi connectivity index (χ2v) is 8.31. The first-order chi connectivity index (χ1) is 14.3. The summed E-state index contributed by atoms with van der Waals surface area (Å²) in [6.07, 6.45) is 2.41. The van der Waals surface area contributed by atoms with Crippen molar-refractivity contribution in [3.05, 3.63) is 82.6 Å². The number of hydrogen-bond donors (Lipinski definition) is 1. The molecule has 4 nitrogen and oxygen atoms in total. The minimum atomic E-state index is -0.0373. The molecule has 2 heterocycles. The highest BCUT2D eigenvalue weighted by atomic mass is 32.1. The van der Waals surface area contributed by atoms with Crippen molar-refractivity contribution in [3.63, 3.8) is 0 Å². The van der Waals surface area contributed by atoms with Crippen LogP contribution in [-0.4, -0.2) is 37.0 Å². The maximum absolute atomic E-state index is 12.4. The highest BCUT2D eigenvalue weighted by Gasteiger charge is 2.21. The second-order valence-electron chi connectivity index (χ2n) is 7.33. The van der Waals surface area contributed by atoms with E-state index >= 15 is 0 Å². The van der Waals surface area contributed by atoms with Crippen LogP contribution in [0.5, 0.6) is 11.5 Å². The number of rotatable bonds is 7. The number of hydrogen-bond acceptors (Lipinski definition) is 4. The minimum absolute atomic E-state index is 0.0373. The lowest BCUT2D eigenvalue weighted by Gasteiger charge is -2.31. The molecule has 1 saturated heterocycles. The standard InChI is InChI=1S/C24H26N2O2S/c27-24(20-8-10-22(11-9-20)28-21-5-2-1-3-6-21)25-14-17-26-15-12-19(13-16-26)23-7-4-18-29-23/h1-11,18-19H,12-17H2,(H,25,27). The fourth-order valence-corrected chi connectivity index (χ4v) is 4.59. The number of amides is 1. The quantitative estimate of drug-likeness (QED) is 0.590. The van der Waals surface area contributed by atoms with E-state index in [9.17, 15) is 4.79 Å². The third kappa shape index (κ3) is 5.46. The van der Waals surface area contributed by atoms with Crippen molar-refractivity contribution in [2.75, 3.05) is 26.2 Å². The van der Waals surface area contributed by atoms with E-state index < -0.39 is 0 Å². The molecular formula is C24H26N2O2S. The molecule has 1 fully saturated rings. The lowest BCUT2D eigenvalue weighted by Crippen LogP contribution is -2.39. The first-order valence-corrected chi connectivity index (χ1v) is 11.0. The molecule has 1 aromatic heterocycles. The molecule has 5 heteroatoms. The molecule has 3 aromatic rings. The predicted molar refractivity (Wildman–Crippen MR) is 118 cm³/mol. The minimum Gasteiger partial charge on any atom is -0.457 e. The van der Waals surface area contributed by atoms with Crippen LogP contribution in [0.15, 0.2) is 72.1 Å². The van der Waals surface area contributed by atoms with Gasteiger partial charge in [0.2, 0.25) is 0 Å². The molecule has 1 aliphatic rings. The molecule has 1 amide bonds. The van der Waals surface area contributed by atoms with Crippen molar-refractivity contribution in [3.8, 4) is 11.5 Å². The monoisotopic (exact) mass is 406 g/mol. The molecule has 1 N–H and O–H groups in total. The Hall–Kier alpha value is -2.63. The van der Waals surface area contributed by atoms with Crippen molar-refractivity contribution in [2.24, 2.45) is 0 Å². The molecule has 4 rings (SSSR count). The number of para-hydroxylation sites is 1. The van der Waals surface area contributed by atoms with Crippen LogP contribution in [0.3, 0.4) is 0 Å². The molecule has 0 atom stereocenters. The summed E-state index contributed by atoms with van der Waals surface area (Å²) in [4.78, 5) is 16.4. The van der Waals surface area contributed by atoms with Gasteiger partial charge in [-0.3, -0.25) is 4.79 Å². The maximum atomic E-state index is 12.4. The Balaban J connectivity index is 1.19. The number of carbonyl (C=O) groups is 1. The summed E-state index contributed by atoms with van der Waals surface area (Å²) in [7, 11) is 0. The largest absolute Gasteiger partial charge is 0.457 e. The second kappa shape index (κ2) is 9.72. The lowest BCUT2D eigenvalue weighted by molar-refractivity contribution is 0.0946. The number of nitrogens with zero attached hydrogens (tertiary/aromatic N) is 1. The van der Waals surface area contributed by atoms with E-state index in [-0.39, 0.29) is 5.91 Å². The summed E-state index contributed by atoms with van der Waals surface area (Å²) in [5.74, 6) is 2.18. The Bertz CT molecular complexity index is 886. The Morgan fingerprint density at radius 3 is 2.38 bits per heavy atom. The van der Waals surface area contributed by atoms with Gasteiger partial charge in [-0.05, 0) is 79.7 Å². The fraction of sp³-hybridized carbons (Fsp3) is 0.292. The van der Waals surface area contributed by atoms with Gasteiger partial charge in [-0.2, -0.15) is 0 Å². The average molecular weight is 407 g/mol. The van der Waals surface area contributed by atoms with E-state index in [0.29, 0.717) is 18.0 Å². The molecular weight excluding hydrogens is 380 g/mol. The van der Waals surface area contributed by atoms with Crippen molar-refractivity contribution in [1.82, 2.24) is 10.2 Å². The smallest absolute Gasteiger partial charge is 0.251 e. The van der Waals surface area contributed by atoms with Crippen LogP contribution in [0.1, 0.15) is 34.0 Å². The van der Waals surface area contributed by atoms with Crippen LogP contribution >= 0.6 is 11.3 Å². The molecule has 2 aromatic carbocycles. The Kier molecular flexibility index (Phi) is 6.60. The summed E-state index contributed by atoms with van der Waals surface area (Å²) in [5, 5.41) is 5.20. The fourth-order valence-electron chi connectivity index (χ4n) is 3.69. The SMILES string of the molecule is O=C(NCCN1CCC(c2cccs2)CC1)c1ccc(Oc2ccccc2)cc1. The number of thiophene rings is 1.